The van der Waals surface area contributed by atoms with E-state index in [1.807, 2.05) is 31.2 Å². The molecule has 15 heavy (non-hydrogen) atoms. The number of hydrogen-bond acceptors (Lipinski definition) is 2. The van der Waals surface area contributed by atoms with E-state index in [0.717, 1.165) is 11.3 Å². The maximum absolute atomic E-state index is 10.0. The zero-order chi connectivity index (χ0) is 11.5. The first-order chi connectivity index (χ1) is 6.90. The van der Waals surface area contributed by atoms with Crippen molar-refractivity contribution in [2.24, 2.45) is 0 Å². The van der Waals surface area contributed by atoms with Crippen molar-refractivity contribution in [3.8, 4) is 0 Å². The Morgan fingerprint density at radius 1 is 1.27 bits per heavy atom. The van der Waals surface area contributed by atoms with Gasteiger partial charge in [0, 0.05) is 10.5 Å². The average molecular weight is 224 g/mol. The first-order valence-electron chi connectivity index (χ1n) is 5.28. The lowest BCUT2D eigenvalue weighted by Gasteiger charge is -2.21. The van der Waals surface area contributed by atoms with Crippen molar-refractivity contribution in [3.63, 3.8) is 0 Å². The van der Waals surface area contributed by atoms with Crippen LogP contribution in [0.3, 0.4) is 0 Å². The second-order valence-electron chi connectivity index (χ2n) is 4.80. The van der Waals surface area contributed by atoms with Gasteiger partial charge in [-0.2, -0.15) is 11.8 Å². The van der Waals surface area contributed by atoms with Crippen LogP contribution in [-0.2, 0) is 0 Å². The topological polar surface area (TPSA) is 20.2 Å². The predicted molar refractivity (Wildman–Crippen MR) is 68.3 cm³/mol. The lowest BCUT2D eigenvalue weighted by molar-refractivity contribution is 0.203. The Hall–Kier alpha value is -0.470. The molecule has 1 aromatic carbocycles. The Bertz CT molecular complexity index is 315. The molecule has 1 atom stereocenters. The normalized spacial score (nSPS) is 13.9. The van der Waals surface area contributed by atoms with Crippen molar-refractivity contribution in [2.45, 2.75) is 38.5 Å². The van der Waals surface area contributed by atoms with Gasteiger partial charge in [-0.3, -0.25) is 0 Å². The van der Waals surface area contributed by atoms with E-state index in [1.165, 1.54) is 5.56 Å². The summed E-state index contributed by atoms with van der Waals surface area (Å²) in [5.74, 6) is 0.758. The summed E-state index contributed by atoms with van der Waals surface area (Å²) < 4.78 is 0.212. The highest BCUT2D eigenvalue weighted by atomic mass is 32.2. The first kappa shape index (κ1) is 12.6. The van der Waals surface area contributed by atoms with Crippen molar-refractivity contribution in [1.82, 2.24) is 0 Å². The maximum Gasteiger partial charge on any atom is 0.0883 e. The van der Waals surface area contributed by atoms with E-state index in [9.17, 15) is 5.11 Å². The van der Waals surface area contributed by atoms with Gasteiger partial charge in [-0.15, -0.1) is 0 Å². The number of aliphatic hydroxyl groups excluding tert-OH is 1. The molecule has 2 heteroatoms. The van der Waals surface area contributed by atoms with E-state index in [4.69, 9.17) is 0 Å². The SMILES string of the molecule is Cc1ccccc1C(O)CSC(C)(C)C. The van der Waals surface area contributed by atoms with E-state index in [0.29, 0.717) is 0 Å². The highest BCUT2D eigenvalue weighted by molar-refractivity contribution is 8.00. The summed E-state index contributed by atoms with van der Waals surface area (Å²) in [6, 6.07) is 8.03. The van der Waals surface area contributed by atoms with Gasteiger partial charge in [0.1, 0.15) is 0 Å². The van der Waals surface area contributed by atoms with Gasteiger partial charge in [-0.25, -0.2) is 0 Å². The zero-order valence-corrected chi connectivity index (χ0v) is 10.8. The Labute approximate surface area is 96.9 Å². The van der Waals surface area contributed by atoms with E-state index < -0.39 is 0 Å². The molecule has 0 spiro atoms. The fourth-order valence-electron chi connectivity index (χ4n) is 1.38. The van der Waals surface area contributed by atoms with Gasteiger partial charge in [0.05, 0.1) is 6.10 Å². The third kappa shape index (κ3) is 4.27. The van der Waals surface area contributed by atoms with Gasteiger partial charge >= 0.3 is 0 Å². The van der Waals surface area contributed by atoms with Crippen LogP contribution in [0, 0.1) is 6.92 Å². The second kappa shape index (κ2) is 5.04. The molecule has 1 unspecified atom stereocenters. The third-order valence-electron chi connectivity index (χ3n) is 2.22. The smallest absolute Gasteiger partial charge is 0.0883 e. The summed E-state index contributed by atoms with van der Waals surface area (Å²) in [5.41, 5.74) is 2.22. The van der Waals surface area contributed by atoms with Crippen molar-refractivity contribution in [3.05, 3.63) is 35.4 Å². The van der Waals surface area contributed by atoms with Gasteiger partial charge < -0.3 is 5.11 Å². The summed E-state index contributed by atoms with van der Waals surface area (Å²) >= 11 is 1.80. The summed E-state index contributed by atoms with van der Waals surface area (Å²) in [4.78, 5) is 0. The number of hydrogen-bond donors (Lipinski definition) is 1. The lowest BCUT2D eigenvalue weighted by atomic mass is 10.1. The Kier molecular flexibility index (Phi) is 4.23. The predicted octanol–water partition coefficient (Wildman–Crippen LogP) is 3.56. The zero-order valence-electron chi connectivity index (χ0n) is 9.95. The third-order valence-corrected chi connectivity index (χ3v) is 3.57. The van der Waals surface area contributed by atoms with Crippen LogP contribution in [-0.4, -0.2) is 15.6 Å². The second-order valence-corrected chi connectivity index (χ2v) is 6.64. The van der Waals surface area contributed by atoms with Crippen molar-refractivity contribution in [1.29, 1.82) is 0 Å². The van der Waals surface area contributed by atoms with Crippen molar-refractivity contribution in [2.75, 3.05) is 5.75 Å². The molecule has 0 aliphatic carbocycles. The minimum Gasteiger partial charge on any atom is -0.388 e. The fraction of sp³-hybridized carbons (Fsp3) is 0.538. The standard InChI is InChI=1S/C13H20OS/c1-10-7-5-6-8-11(10)12(14)9-15-13(2,3)4/h5-8,12,14H,9H2,1-4H3. The van der Waals surface area contributed by atoms with Gasteiger partial charge in [0.2, 0.25) is 0 Å². The van der Waals surface area contributed by atoms with Gasteiger partial charge in [-0.05, 0) is 18.1 Å². The molecule has 1 rings (SSSR count). The number of thioether (sulfide) groups is 1. The molecule has 0 aromatic heterocycles. The highest BCUT2D eigenvalue weighted by Gasteiger charge is 2.15. The van der Waals surface area contributed by atoms with E-state index in [1.54, 1.807) is 11.8 Å². The van der Waals surface area contributed by atoms with Gasteiger partial charge in [0.25, 0.3) is 0 Å². The molecular weight excluding hydrogens is 204 g/mol. The van der Waals surface area contributed by atoms with Crippen LogP contribution in [0.25, 0.3) is 0 Å². The molecule has 0 bridgehead atoms. The van der Waals surface area contributed by atoms with E-state index in [2.05, 4.69) is 20.8 Å². The molecule has 0 saturated carbocycles. The summed E-state index contributed by atoms with van der Waals surface area (Å²) in [6.45, 7) is 8.55. The van der Waals surface area contributed by atoms with Crippen LogP contribution >= 0.6 is 11.8 Å². The summed E-state index contributed by atoms with van der Waals surface area (Å²) in [5, 5.41) is 10.0. The molecule has 0 aliphatic rings. The molecule has 1 aromatic rings. The largest absolute Gasteiger partial charge is 0.388 e. The minimum atomic E-state index is -0.351. The van der Waals surface area contributed by atoms with Crippen molar-refractivity contribution >= 4 is 11.8 Å². The summed E-state index contributed by atoms with van der Waals surface area (Å²) in [7, 11) is 0. The van der Waals surface area contributed by atoms with Crippen LogP contribution in [0.4, 0.5) is 0 Å². The first-order valence-corrected chi connectivity index (χ1v) is 6.26. The van der Waals surface area contributed by atoms with Crippen LogP contribution in [0.2, 0.25) is 0 Å². The van der Waals surface area contributed by atoms with Crippen LogP contribution in [0.15, 0.2) is 24.3 Å². The summed E-state index contributed by atoms with van der Waals surface area (Å²) in [6.07, 6.45) is -0.351. The molecule has 0 amide bonds. The number of aryl methyl sites for hydroxylation is 1. The molecule has 1 N–H and O–H groups in total. The lowest BCUT2D eigenvalue weighted by Crippen LogP contribution is -2.12. The maximum atomic E-state index is 10.0. The van der Waals surface area contributed by atoms with E-state index >= 15 is 0 Å². The molecular formula is C13H20OS. The molecule has 0 saturated heterocycles. The molecule has 0 radical (unpaired) electrons. The minimum absolute atomic E-state index is 0.212. The Balaban J connectivity index is 2.62. The molecule has 84 valence electrons. The van der Waals surface area contributed by atoms with Crippen LogP contribution in [0.5, 0.6) is 0 Å². The van der Waals surface area contributed by atoms with Crippen molar-refractivity contribution < 1.29 is 5.11 Å². The Morgan fingerprint density at radius 3 is 2.40 bits per heavy atom. The molecule has 0 aliphatic heterocycles. The number of benzene rings is 1. The van der Waals surface area contributed by atoms with Gasteiger partial charge in [0.15, 0.2) is 0 Å². The van der Waals surface area contributed by atoms with Crippen LogP contribution in [0.1, 0.15) is 38.0 Å². The van der Waals surface area contributed by atoms with Gasteiger partial charge in [-0.1, -0.05) is 45.0 Å². The number of aliphatic hydroxyl groups is 1. The highest BCUT2D eigenvalue weighted by Crippen LogP contribution is 2.29. The molecule has 0 heterocycles. The Morgan fingerprint density at radius 2 is 1.87 bits per heavy atom. The molecule has 1 nitrogen and oxygen atoms in total. The van der Waals surface area contributed by atoms with Crippen LogP contribution < -0.4 is 0 Å². The monoisotopic (exact) mass is 224 g/mol. The average Bonchev–Trinajstić information content (AvgIpc) is 2.14. The quantitative estimate of drug-likeness (QED) is 0.847. The fourth-order valence-corrected chi connectivity index (χ4v) is 2.22. The molecule has 0 fully saturated rings. The van der Waals surface area contributed by atoms with E-state index in [-0.39, 0.29) is 10.9 Å². The number of rotatable bonds is 3.